The predicted octanol–water partition coefficient (Wildman–Crippen LogP) is 2.57. The first-order valence-electron chi connectivity index (χ1n) is 6.99. The molecule has 1 fully saturated rings. The van der Waals surface area contributed by atoms with E-state index in [1.807, 2.05) is 7.05 Å². The van der Waals surface area contributed by atoms with Crippen molar-refractivity contribution in [2.24, 2.45) is 0 Å². The highest BCUT2D eigenvalue weighted by Crippen LogP contribution is 2.29. The minimum Gasteiger partial charge on any atom is -0.366 e. The molecule has 2 unspecified atom stereocenters. The van der Waals surface area contributed by atoms with Crippen LogP contribution in [0.4, 0.5) is 5.69 Å². The second-order valence-electron chi connectivity index (χ2n) is 5.43. The number of nitrogens with zero attached hydrogens (tertiary/aromatic N) is 2. The third-order valence-corrected chi connectivity index (χ3v) is 4.73. The molecule has 1 aromatic rings. The maximum atomic E-state index is 3.69. The Morgan fingerprint density at radius 2 is 2.11 bits per heavy atom. The van der Waals surface area contributed by atoms with Crippen LogP contribution >= 0.6 is 15.9 Å². The van der Waals surface area contributed by atoms with Crippen molar-refractivity contribution in [1.29, 1.82) is 0 Å². The van der Waals surface area contributed by atoms with Crippen LogP contribution in [0.2, 0.25) is 0 Å². The van der Waals surface area contributed by atoms with Crippen molar-refractivity contribution < 1.29 is 0 Å². The zero-order chi connectivity index (χ0) is 13.8. The quantitative estimate of drug-likeness (QED) is 0.921. The first kappa shape index (κ1) is 14.8. The fraction of sp³-hybridized carbons (Fsp3) is 0.600. The third kappa shape index (κ3) is 3.50. The minimum absolute atomic E-state index is 0.557. The summed E-state index contributed by atoms with van der Waals surface area (Å²) in [6.45, 7) is 5.59. The lowest BCUT2D eigenvalue weighted by Crippen LogP contribution is -2.45. The van der Waals surface area contributed by atoms with Crippen LogP contribution < -0.4 is 10.2 Å². The molecule has 1 N–H and O–H groups in total. The first-order valence-corrected chi connectivity index (χ1v) is 7.78. The SMILES string of the molecule is CNCC1CN(c2ccccc2Br)C(C)CCN1C. The van der Waals surface area contributed by atoms with Crippen molar-refractivity contribution in [3.63, 3.8) is 0 Å². The summed E-state index contributed by atoms with van der Waals surface area (Å²) in [5, 5.41) is 3.32. The maximum Gasteiger partial charge on any atom is 0.0513 e. The third-order valence-electron chi connectivity index (χ3n) is 4.06. The van der Waals surface area contributed by atoms with Gasteiger partial charge in [0.05, 0.1) is 5.69 Å². The summed E-state index contributed by atoms with van der Waals surface area (Å²) in [6, 6.07) is 9.67. The van der Waals surface area contributed by atoms with E-state index in [0.29, 0.717) is 12.1 Å². The molecule has 2 rings (SSSR count). The highest BCUT2D eigenvalue weighted by Gasteiger charge is 2.27. The minimum atomic E-state index is 0.557. The molecule has 0 aromatic heterocycles. The lowest BCUT2D eigenvalue weighted by molar-refractivity contribution is 0.256. The standard InChI is InChI=1S/C15H24BrN3/c1-12-8-9-18(3)13(10-17-2)11-19(12)15-7-5-4-6-14(15)16/h4-7,12-13,17H,8-11H2,1-3H3. The average Bonchev–Trinajstić information content (AvgIpc) is 2.53. The van der Waals surface area contributed by atoms with E-state index in [0.717, 1.165) is 19.6 Å². The molecule has 3 nitrogen and oxygen atoms in total. The second-order valence-corrected chi connectivity index (χ2v) is 6.29. The smallest absolute Gasteiger partial charge is 0.0513 e. The van der Waals surface area contributed by atoms with Gasteiger partial charge < -0.3 is 15.1 Å². The number of hydrogen-bond donors (Lipinski definition) is 1. The highest BCUT2D eigenvalue weighted by atomic mass is 79.9. The first-order chi connectivity index (χ1) is 9.13. The van der Waals surface area contributed by atoms with E-state index >= 15 is 0 Å². The lowest BCUT2D eigenvalue weighted by atomic mass is 10.1. The summed E-state index contributed by atoms with van der Waals surface area (Å²) in [6.07, 6.45) is 1.21. The summed E-state index contributed by atoms with van der Waals surface area (Å²) in [5.74, 6) is 0. The van der Waals surface area contributed by atoms with Crippen LogP contribution in [0.3, 0.4) is 0 Å². The van der Waals surface area contributed by atoms with Gasteiger partial charge in [-0.3, -0.25) is 0 Å². The predicted molar refractivity (Wildman–Crippen MR) is 85.9 cm³/mol. The number of anilines is 1. The van der Waals surface area contributed by atoms with Crippen molar-refractivity contribution in [2.45, 2.75) is 25.4 Å². The van der Waals surface area contributed by atoms with Gasteiger partial charge in [0.15, 0.2) is 0 Å². The molecule has 0 radical (unpaired) electrons. The van der Waals surface area contributed by atoms with Crippen LogP contribution in [0.1, 0.15) is 13.3 Å². The van der Waals surface area contributed by atoms with Crippen molar-refractivity contribution in [3.8, 4) is 0 Å². The highest BCUT2D eigenvalue weighted by molar-refractivity contribution is 9.10. The number of nitrogens with one attached hydrogen (secondary N) is 1. The van der Waals surface area contributed by atoms with E-state index in [4.69, 9.17) is 0 Å². The Labute approximate surface area is 125 Å². The summed E-state index contributed by atoms with van der Waals surface area (Å²) >= 11 is 3.69. The van der Waals surface area contributed by atoms with Gasteiger partial charge in [0.1, 0.15) is 0 Å². The fourth-order valence-electron chi connectivity index (χ4n) is 2.75. The Hall–Kier alpha value is -0.580. The van der Waals surface area contributed by atoms with Crippen molar-refractivity contribution >= 4 is 21.6 Å². The van der Waals surface area contributed by atoms with Gasteiger partial charge in [-0.15, -0.1) is 0 Å². The Kier molecular flexibility index (Phi) is 5.25. The number of hydrogen-bond acceptors (Lipinski definition) is 3. The summed E-state index contributed by atoms with van der Waals surface area (Å²) in [7, 11) is 4.27. The fourth-order valence-corrected chi connectivity index (χ4v) is 3.26. The van der Waals surface area contributed by atoms with Crippen LogP contribution in [0.5, 0.6) is 0 Å². The largest absolute Gasteiger partial charge is 0.366 e. The van der Waals surface area contributed by atoms with Crippen LogP contribution in [0, 0.1) is 0 Å². The van der Waals surface area contributed by atoms with Crippen LogP contribution in [-0.4, -0.2) is 50.7 Å². The molecule has 1 heterocycles. The van der Waals surface area contributed by atoms with Crippen LogP contribution in [0.25, 0.3) is 0 Å². The van der Waals surface area contributed by atoms with Crippen molar-refractivity contribution in [2.75, 3.05) is 38.6 Å². The number of halogens is 1. The number of para-hydroxylation sites is 1. The zero-order valence-electron chi connectivity index (χ0n) is 12.1. The number of rotatable bonds is 3. The summed E-state index contributed by atoms with van der Waals surface area (Å²) in [5.41, 5.74) is 1.31. The van der Waals surface area contributed by atoms with Gasteiger partial charge in [0, 0.05) is 36.2 Å². The van der Waals surface area contributed by atoms with Crippen LogP contribution in [0.15, 0.2) is 28.7 Å². The Bertz CT molecular complexity index is 410. The molecular weight excluding hydrogens is 302 g/mol. The van der Waals surface area contributed by atoms with E-state index in [-0.39, 0.29) is 0 Å². The molecule has 0 amide bonds. The topological polar surface area (TPSA) is 18.5 Å². The van der Waals surface area contributed by atoms with Crippen molar-refractivity contribution in [1.82, 2.24) is 10.2 Å². The molecule has 19 heavy (non-hydrogen) atoms. The molecule has 1 saturated heterocycles. The molecule has 106 valence electrons. The van der Waals surface area contributed by atoms with Gasteiger partial charge in [-0.05, 0) is 55.5 Å². The molecule has 0 saturated carbocycles. The molecule has 0 aliphatic carbocycles. The second kappa shape index (κ2) is 6.73. The number of likely N-dealkylation sites (N-methyl/N-ethyl adjacent to an activating group) is 2. The summed E-state index contributed by atoms with van der Waals surface area (Å²) < 4.78 is 1.19. The van der Waals surface area contributed by atoms with E-state index < -0.39 is 0 Å². The molecule has 0 spiro atoms. The van der Waals surface area contributed by atoms with Crippen molar-refractivity contribution in [3.05, 3.63) is 28.7 Å². The molecule has 1 aliphatic rings. The average molecular weight is 326 g/mol. The Balaban J connectivity index is 2.24. The number of benzene rings is 1. The normalized spacial score (nSPS) is 25.4. The van der Waals surface area contributed by atoms with Crippen LogP contribution in [-0.2, 0) is 0 Å². The molecule has 4 heteroatoms. The molecule has 1 aliphatic heterocycles. The van der Waals surface area contributed by atoms with Gasteiger partial charge >= 0.3 is 0 Å². The maximum absolute atomic E-state index is 3.69. The van der Waals surface area contributed by atoms with Gasteiger partial charge in [-0.1, -0.05) is 12.1 Å². The monoisotopic (exact) mass is 325 g/mol. The molecule has 0 bridgehead atoms. The molecular formula is C15H24BrN3. The van der Waals surface area contributed by atoms with Gasteiger partial charge in [-0.2, -0.15) is 0 Å². The zero-order valence-corrected chi connectivity index (χ0v) is 13.7. The van der Waals surface area contributed by atoms with E-state index in [1.54, 1.807) is 0 Å². The lowest BCUT2D eigenvalue weighted by Gasteiger charge is -2.33. The Morgan fingerprint density at radius 3 is 2.79 bits per heavy atom. The summed E-state index contributed by atoms with van der Waals surface area (Å²) in [4.78, 5) is 5.01. The van der Waals surface area contributed by atoms with E-state index in [1.165, 1.54) is 16.6 Å². The molecule has 1 aromatic carbocycles. The molecule has 2 atom stereocenters. The van der Waals surface area contributed by atoms with Gasteiger partial charge in [-0.25, -0.2) is 0 Å². The van der Waals surface area contributed by atoms with Gasteiger partial charge in [0.25, 0.3) is 0 Å². The Morgan fingerprint density at radius 1 is 1.37 bits per heavy atom. The van der Waals surface area contributed by atoms with E-state index in [2.05, 4.69) is 69.3 Å². The van der Waals surface area contributed by atoms with Gasteiger partial charge in [0.2, 0.25) is 0 Å². The van der Waals surface area contributed by atoms with E-state index in [9.17, 15) is 0 Å².